The van der Waals surface area contributed by atoms with Crippen molar-refractivity contribution in [3.05, 3.63) is 77.1 Å². The number of nitrogens with zero attached hydrogens (tertiary/aromatic N) is 2. The van der Waals surface area contributed by atoms with Crippen molar-refractivity contribution in [2.75, 3.05) is 17.2 Å². The van der Waals surface area contributed by atoms with E-state index in [0.717, 1.165) is 17.0 Å². The van der Waals surface area contributed by atoms with Gasteiger partial charge in [-0.2, -0.15) is 0 Å². The number of rotatable bonds is 7. The van der Waals surface area contributed by atoms with Gasteiger partial charge in [0.05, 0.1) is 24.3 Å². The minimum Gasteiger partial charge on any atom is -0.466 e. The molecular formula is C23H24N4O3. The first-order valence-electron chi connectivity index (χ1n) is 9.69. The van der Waals surface area contributed by atoms with Crippen molar-refractivity contribution < 1.29 is 14.3 Å². The molecule has 0 bridgehead atoms. The number of benzene rings is 2. The number of para-hydroxylation sites is 1. The zero-order chi connectivity index (χ0) is 21.5. The van der Waals surface area contributed by atoms with Crippen molar-refractivity contribution in [3.63, 3.8) is 0 Å². The van der Waals surface area contributed by atoms with Gasteiger partial charge in [-0.05, 0) is 56.7 Å². The van der Waals surface area contributed by atoms with E-state index in [0.29, 0.717) is 29.5 Å². The Hall–Kier alpha value is -3.74. The van der Waals surface area contributed by atoms with Crippen molar-refractivity contribution in [2.24, 2.45) is 0 Å². The summed E-state index contributed by atoms with van der Waals surface area (Å²) in [5, 5.41) is 6.01. The number of hydrogen-bond acceptors (Lipinski definition) is 6. The molecule has 0 radical (unpaired) electrons. The van der Waals surface area contributed by atoms with Crippen LogP contribution in [0.4, 0.5) is 17.3 Å². The highest BCUT2D eigenvalue weighted by Crippen LogP contribution is 2.21. The molecule has 30 heavy (non-hydrogen) atoms. The molecule has 0 atom stereocenters. The molecule has 3 rings (SSSR count). The van der Waals surface area contributed by atoms with E-state index >= 15 is 0 Å². The Bertz CT molecular complexity index is 1030. The molecule has 7 heteroatoms. The molecule has 0 saturated carbocycles. The standard InChI is InChI=1S/C23H24N4O3/c1-4-30-21(28)14-17-9-11-18(12-10-17)26-22(29)19-7-5-6-8-20(19)27-23-24-15(2)13-16(3)25-23/h5-13H,4,14H2,1-3H3,(H,26,29)(H,24,25,27). The summed E-state index contributed by atoms with van der Waals surface area (Å²) in [4.78, 5) is 33.2. The van der Waals surface area contributed by atoms with Gasteiger partial charge >= 0.3 is 5.97 Å². The van der Waals surface area contributed by atoms with Crippen LogP contribution in [0.2, 0.25) is 0 Å². The number of carbonyl (C=O) groups is 2. The lowest BCUT2D eigenvalue weighted by Gasteiger charge is -2.12. The topological polar surface area (TPSA) is 93.2 Å². The molecular weight excluding hydrogens is 380 g/mol. The summed E-state index contributed by atoms with van der Waals surface area (Å²) in [6, 6.07) is 16.2. The normalized spacial score (nSPS) is 10.4. The average molecular weight is 404 g/mol. The lowest BCUT2D eigenvalue weighted by atomic mass is 10.1. The SMILES string of the molecule is CCOC(=O)Cc1ccc(NC(=O)c2ccccc2Nc2nc(C)cc(C)n2)cc1. The van der Waals surface area contributed by atoms with Gasteiger partial charge < -0.3 is 15.4 Å². The first-order valence-corrected chi connectivity index (χ1v) is 9.69. The Morgan fingerprint density at radius 3 is 2.30 bits per heavy atom. The van der Waals surface area contributed by atoms with Crippen LogP contribution in [0.1, 0.15) is 34.2 Å². The highest BCUT2D eigenvalue weighted by Gasteiger charge is 2.13. The Balaban J connectivity index is 1.72. The Morgan fingerprint density at radius 2 is 1.63 bits per heavy atom. The van der Waals surface area contributed by atoms with Gasteiger partial charge in [0, 0.05) is 17.1 Å². The van der Waals surface area contributed by atoms with Crippen molar-refractivity contribution >= 4 is 29.2 Å². The lowest BCUT2D eigenvalue weighted by molar-refractivity contribution is -0.142. The number of aryl methyl sites for hydroxylation is 2. The molecule has 0 aliphatic heterocycles. The second-order valence-corrected chi connectivity index (χ2v) is 6.78. The molecule has 0 saturated heterocycles. The summed E-state index contributed by atoms with van der Waals surface area (Å²) in [6.45, 7) is 5.91. The van der Waals surface area contributed by atoms with Gasteiger partial charge in [0.15, 0.2) is 0 Å². The molecule has 1 aromatic heterocycles. The predicted molar refractivity (Wildman–Crippen MR) is 116 cm³/mol. The number of carbonyl (C=O) groups excluding carboxylic acids is 2. The highest BCUT2D eigenvalue weighted by molar-refractivity contribution is 6.08. The van der Waals surface area contributed by atoms with Crippen molar-refractivity contribution in [2.45, 2.75) is 27.2 Å². The number of hydrogen-bond donors (Lipinski definition) is 2. The van der Waals surface area contributed by atoms with E-state index in [1.807, 2.05) is 26.0 Å². The van der Waals surface area contributed by atoms with Crippen LogP contribution in [0.15, 0.2) is 54.6 Å². The van der Waals surface area contributed by atoms with Gasteiger partial charge in [-0.3, -0.25) is 9.59 Å². The largest absolute Gasteiger partial charge is 0.466 e. The maximum atomic E-state index is 12.8. The van der Waals surface area contributed by atoms with E-state index in [2.05, 4.69) is 20.6 Å². The van der Waals surface area contributed by atoms with Gasteiger partial charge in [-0.25, -0.2) is 9.97 Å². The molecule has 1 amide bonds. The fourth-order valence-corrected chi connectivity index (χ4v) is 2.98. The summed E-state index contributed by atoms with van der Waals surface area (Å²) in [5.41, 5.74) is 4.21. The number of esters is 1. The average Bonchev–Trinajstić information content (AvgIpc) is 2.69. The molecule has 0 aliphatic rings. The lowest BCUT2D eigenvalue weighted by Crippen LogP contribution is -2.14. The monoisotopic (exact) mass is 404 g/mol. The van der Waals surface area contributed by atoms with Crippen LogP contribution >= 0.6 is 0 Å². The van der Waals surface area contributed by atoms with Gasteiger partial charge in [0.25, 0.3) is 5.91 Å². The summed E-state index contributed by atoms with van der Waals surface area (Å²) in [6.07, 6.45) is 0.199. The van der Waals surface area contributed by atoms with Gasteiger partial charge in [-0.15, -0.1) is 0 Å². The van der Waals surface area contributed by atoms with E-state index in [4.69, 9.17) is 4.74 Å². The first kappa shape index (κ1) is 21.0. The molecule has 2 N–H and O–H groups in total. The Kier molecular flexibility index (Phi) is 6.75. The smallest absolute Gasteiger partial charge is 0.310 e. The maximum Gasteiger partial charge on any atom is 0.310 e. The third-order valence-corrected chi connectivity index (χ3v) is 4.27. The summed E-state index contributed by atoms with van der Waals surface area (Å²) < 4.78 is 4.95. The van der Waals surface area contributed by atoms with Crippen molar-refractivity contribution in [1.82, 2.24) is 9.97 Å². The number of nitrogens with one attached hydrogen (secondary N) is 2. The van der Waals surface area contributed by atoms with Crippen LogP contribution in [0, 0.1) is 13.8 Å². The van der Waals surface area contributed by atoms with Crippen LogP contribution in [-0.4, -0.2) is 28.5 Å². The molecule has 0 aliphatic carbocycles. The van der Waals surface area contributed by atoms with E-state index in [1.165, 1.54) is 0 Å². The molecule has 0 spiro atoms. The molecule has 3 aromatic rings. The maximum absolute atomic E-state index is 12.8. The summed E-state index contributed by atoms with van der Waals surface area (Å²) >= 11 is 0. The highest BCUT2D eigenvalue weighted by atomic mass is 16.5. The van der Waals surface area contributed by atoms with Crippen LogP contribution in [0.3, 0.4) is 0 Å². The van der Waals surface area contributed by atoms with Crippen molar-refractivity contribution in [3.8, 4) is 0 Å². The second kappa shape index (κ2) is 9.65. The van der Waals surface area contributed by atoms with Gasteiger partial charge in [-0.1, -0.05) is 24.3 Å². The van der Waals surface area contributed by atoms with Crippen LogP contribution in [0.5, 0.6) is 0 Å². The number of amides is 1. The minimum atomic E-state index is -0.275. The van der Waals surface area contributed by atoms with E-state index < -0.39 is 0 Å². The first-order chi connectivity index (χ1) is 14.4. The zero-order valence-electron chi connectivity index (χ0n) is 17.2. The second-order valence-electron chi connectivity index (χ2n) is 6.78. The number of aromatic nitrogens is 2. The fraction of sp³-hybridized carbons (Fsp3) is 0.217. The zero-order valence-corrected chi connectivity index (χ0v) is 17.2. The molecule has 1 heterocycles. The fourth-order valence-electron chi connectivity index (χ4n) is 2.98. The number of anilines is 3. The van der Waals surface area contributed by atoms with Crippen LogP contribution in [-0.2, 0) is 16.0 Å². The van der Waals surface area contributed by atoms with Crippen LogP contribution < -0.4 is 10.6 Å². The molecule has 154 valence electrons. The number of ether oxygens (including phenoxy) is 1. The van der Waals surface area contributed by atoms with E-state index in [-0.39, 0.29) is 18.3 Å². The summed E-state index contributed by atoms with van der Waals surface area (Å²) in [7, 11) is 0. The van der Waals surface area contributed by atoms with E-state index in [9.17, 15) is 9.59 Å². The third-order valence-electron chi connectivity index (χ3n) is 4.27. The van der Waals surface area contributed by atoms with Crippen molar-refractivity contribution in [1.29, 1.82) is 0 Å². The predicted octanol–water partition coefficient (Wildman–Crippen LogP) is 4.19. The van der Waals surface area contributed by atoms with Crippen LogP contribution in [0.25, 0.3) is 0 Å². The van der Waals surface area contributed by atoms with Gasteiger partial charge in [0.2, 0.25) is 5.95 Å². The minimum absolute atomic E-state index is 0.199. The molecule has 0 fully saturated rings. The molecule has 2 aromatic carbocycles. The van der Waals surface area contributed by atoms with E-state index in [1.54, 1.807) is 49.4 Å². The molecule has 7 nitrogen and oxygen atoms in total. The Morgan fingerprint density at radius 1 is 0.967 bits per heavy atom. The summed E-state index contributed by atoms with van der Waals surface area (Å²) in [5.74, 6) is -0.0976. The molecule has 0 unspecified atom stereocenters. The van der Waals surface area contributed by atoms with Gasteiger partial charge in [0.1, 0.15) is 0 Å². The third kappa shape index (κ3) is 5.64. The quantitative estimate of drug-likeness (QED) is 0.574. The Labute approximate surface area is 175 Å².